The van der Waals surface area contributed by atoms with Gasteiger partial charge in [0, 0.05) is 11.9 Å². The zero-order valence-electron chi connectivity index (χ0n) is 11.6. The highest BCUT2D eigenvalue weighted by Gasteiger charge is 2.11. The molecule has 0 aliphatic carbocycles. The lowest BCUT2D eigenvalue weighted by atomic mass is 10.2. The molecule has 2 aromatic carbocycles. The van der Waals surface area contributed by atoms with Crippen molar-refractivity contribution < 1.29 is 9.13 Å². The van der Waals surface area contributed by atoms with Crippen LogP contribution in [-0.2, 0) is 13.2 Å². The third-order valence-corrected chi connectivity index (χ3v) is 3.82. The van der Waals surface area contributed by atoms with Crippen LogP contribution in [0.15, 0.2) is 48.5 Å². The summed E-state index contributed by atoms with van der Waals surface area (Å²) in [7, 11) is 0. The summed E-state index contributed by atoms with van der Waals surface area (Å²) in [6.45, 7) is 3.14. The third-order valence-electron chi connectivity index (χ3n) is 3.51. The fourth-order valence-electron chi connectivity index (χ4n) is 2.51. The van der Waals surface area contributed by atoms with Crippen molar-refractivity contribution in [1.82, 2.24) is 4.57 Å². The Balaban J connectivity index is 1.94. The zero-order valence-corrected chi connectivity index (χ0v) is 12.4. The Morgan fingerprint density at radius 2 is 1.95 bits per heavy atom. The monoisotopic (exact) mass is 303 g/mol. The van der Waals surface area contributed by atoms with Gasteiger partial charge in [0.2, 0.25) is 0 Å². The molecule has 0 spiro atoms. The number of benzene rings is 2. The van der Waals surface area contributed by atoms with Gasteiger partial charge in [-0.15, -0.1) is 0 Å². The van der Waals surface area contributed by atoms with E-state index in [1.807, 2.05) is 37.3 Å². The highest BCUT2D eigenvalue weighted by atomic mass is 35.5. The summed E-state index contributed by atoms with van der Waals surface area (Å²) in [5.41, 5.74) is 1.81. The molecule has 0 aliphatic rings. The minimum absolute atomic E-state index is 0.210. The summed E-state index contributed by atoms with van der Waals surface area (Å²) in [6.07, 6.45) is 0. The van der Waals surface area contributed by atoms with Gasteiger partial charge >= 0.3 is 0 Å². The number of rotatable bonds is 4. The summed E-state index contributed by atoms with van der Waals surface area (Å²) >= 11 is 6.08. The predicted octanol–water partition coefficient (Wildman–Crippen LogP) is 5.03. The van der Waals surface area contributed by atoms with Crippen molar-refractivity contribution in [2.24, 2.45) is 0 Å². The first-order valence-corrected chi connectivity index (χ1v) is 7.22. The summed E-state index contributed by atoms with van der Waals surface area (Å²) < 4.78 is 21.7. The fraction of sp³-hybridized carbons (Fsp3) is 0.176. The first kappa shape index (κ1) is 14.0. The Hall–Kier alpha value is -2.00. The lowest BCUT2D eigenvalue weighted by Crippen LogP contribution is -2.04. The minimum Gasteiger partial charge on any atom is -0.486 e. The summed E-state index contributed by atoms with van der Waals surface area (Å²) in [4.78, 5) is 0. The molecule has 0 radical (unpaired) electrons. The minimum atomic E-state index is -0.210. The summed E-state index contributed by atoms with van der Waals surface area (Å²) in [5, 5.41) is 1.19. The summed E-state index contributed by atoms with van der Waals surface area (Å²) in [6, 6.07) is 14.3. The average Bonchev–Trinajstić information content (AvgIpc) is 2.85. The van der Waals surface area contributed by atoms with Gasteiger partial charge in [-0.3, -0.25) is 0 Å². The molecule has 0 bridgehead atoms. The first-order valence-electron chi connectivity index (χ1n) is 6.84. The van der Waals surface area contributed by atoms with Crippen molar-refractivity contribution in [3.05, 3.63) is 65.1 Å². The van der Waals surface area contributed by atoms with E-state index in [0.29, 0.717) is 22.8 Å². The molecule has 3 aromatic rings. The van der Waals surface area contributed by atoms with Gasteiger partial charge in [0.05, 0.1) is 16.2 Å². The number of fused-ring (bicyclic) bond motifs is 1. The van der Waals surface area contributed by atoms with Gasteiger partial charge in [0.1, 0.15) is 18.2 Å². The maximum atomic E-state index is 13.9. The van der Waals surface area contributed by atoms with Crippen LogP contribution >= 0.6 is 11.6 Å². The van der Waals surface area contributed by atoms with Crippen LogP contribution in [0.3, 0.4) is 0 Å². The summed E-state index contributed by atoms with van der Waals surface area (Å²) in [5.74, 6) is 0.422. The van der Waals surface area contributed by atoms with Crippen molar-refractivity contribution in [3.63, 3.8) is 0 Å². The molecular formula is C17H15ClFNO. The van der Waals surface area contributed by atoms with Gasteiger partial charge in [0.15, 0.2) is 0 Å². The number of nitrogens with zero attached hydrogens (tertiary/aromatic N) is 1. The Morgan fingerprint density at radius 3 is 2.71 bits per heavy atom. The van der Waals surface area contributed by atoms with Gasteiger partial charge in [-0.1, -0.05) is 29.8 Å². The molecule has 3 rings (SSSR count). The van der Waals surface area contributed by atoms with Crippen molar-refractivity contribution in [3.8, 4) is 5.75 Å². The SMILES string of the molecule is CCn1c(COc2ccccc2Cl)cc2c(F)cccc21. The number of hydrogen-bond acceptors (Lipinski definition) is 1. The molecular weight excluding hydrogens is 289 g/mol. The van der Waals surface area contributed by atoms with Crippen LogP contribution in [0.2, 0.25) is 5.02 Å². The Bertz CT molecular complexity index is 782. The number of ether oxygens (including phenoxy) is 1. The molecule has 108 valence electrons. The van der Waals surface area contributed by atoms with Crippen LogP contribution < -0.4 is 4.74 Å². The van der Waals surface area contributed by atoms with Crippen molar-refractivity contribution in [2.45, 2.75) is 20.1 Å². The molecule has 0 saturated carbocycles. The predicted molar refractivity (Wildman–Crippen MR) is 83.4 cm³/mol. The molecule has 0 N–H and O–H groups in total. The van der Waals surface area contributed by atoms with Gasteiger partial charge in [-0.05, 0) is 37.3 Å². The van der Waals surface area contributed by atoms with E-state index in [-0.39, 0.29) is 5.82 Å². The van der Waals surface area contributed by atoms with Crippen LogP contribution in [0.25, 0.3) is 10.9 Å². The Morgan fingerprint density at radius 1 is 1.14 bits per heavy atom. The third kappa shape index (κ3) is 2.61. The second kappa shape index (κ2) is 5.78. The van der Waals surface area contributed by atoms with E-state index in [9.17, 15) is 4.39 Å². The lowest BCUT2D eigenvalue weighted by molar-refractivity contribution is 0.296. The number of hydrogen-bond donors (Lipinski definition) is 0. The largest absolute Gasteiger partial charge is 0.486 e. The topological polar surface area (TPSA) is 14.2 Å². The molecule has 4 heteroatoms. The van der Waals surface area contributed by atoms with Gasteiger partial charge in [0.25, 0.3) is 0 Å². The van der Waals surface area contributed by atoms with Gasteiger partial charge in [-0.25, -0.2) is 4.39 Å². The second-order valence-corrected chi connectivity index (χ2v) is 5.18. The van der Waals surface area contributed by atoms with E-state index < -0.39 is 0 Å². The molecule has 0 unspecified atom stereocenters. The van der Waals surface area contributed by atoms with Crippen LogP contribution in [0.4, 0.5) is 4.39 Å². The van der Waals surface area contributed by atoms with Crippen LogP contribution in [0.1, 0.15) is 12.6 Å². The van der Waals surface area contributed by atoms with E-state index in [1.54, 1.807) is 12.1 Å². The van der Waals surface area contributed by atoms with Crippen LogP contribution in [0, 0.1) is 5.82 Å². The molecule has 0 aliphatic heterocycles. The van der Waals surface area contributed by atoms with Crippen LogP contribution in [0.5, 0.6) is 5.75 Å². The van der Waals surface area contributed by atoms with Gasteiger partial charge in [-0.2, -0.15) is 0 Å². The average molecular weight is 304 g/mol. The first-order chi connectivity index (χ1) is 10.2. The molecule has 2 nitrogen and oxygen atoms in total. The fourth-order valence-corrected chi connectivity index (χ4v) is 2.70. The normalized spacial score (nSPS) is 11.0. The maximum absolute atomic E-state index is 13.9. The number of aromatic nitrogens is 1. The van der Waals surface area contributed by atoms with Crippen molar-refractivity contribution in [1.29, 1.82) is 0 Å². The maximum Gasteiger partial charge on any atom is 0.138 e. The Kier molecular flexibility index (Phi) is 3.84. The number of halogens is 2. The van der Waals surface area contributed by atoms with E-state index in [1.165, 1.54) is 6.07 Å². The van der Waals surface area contributed by atoms with E-state index in [0.717, 1.165) is 17.8 Å². The quantitative estimate of drug-likeness (QED) is 0.659. The van der Waals surface area contributed by atoms with Gasteiger partial charge < -0.3 is 9.30 Å². The highest BCUT2D eigenvalue weighted by molar-refractivity contribution is 6.32. The number of para-hydroxylation sites is 1. The van der Waals surface area contributed by atoms with E-state index in [4.69, 9.17) is 16.3 Å². The highest BCUT2D eigenvalue weighted by Crippen LogP contribution is 2.27. The van der Waals surface area contributed by atoms with Crippen LogP contribution in [-0.4, -0.2) is 4.57 Å². The molecule has 1 aromatic heterocycles. The smallest absolute Gasteiger partial charge is 0.138 e. The van der Waals surface area contributed by atoms with E-state index in [2.05, 4.69) is 4.57 Å². The zero-order chi connectivity index (χ0) is 14.8. The lowest BCUT2D eigenvalue weighted by Gasteiger charge is -2.10. The van der Waals surface area contributed by atoms with Crippen molar-refractivity contribution >= 4 is 22.5 Å². The molecule has 0 fully saturated rings. The molecule has 1 heterocycles. The molecule has 0 saturated heterocycles. The molecule has 0 atom stereocenters. The molecule has 21 heavy (non-hydrogen) atoms. The standard InChI is InChI=1S/C17H15ClFNO/c1-2-20-12(10-13-15(19)7-5-8-16(13)20)11-21-17-9-4-3-6-14(17)18/h3-10H,2,11H2,1H3. The van der Waals surface area contributed by atoms with Crippen molar-refractivity contribution in [2.75, 3.05) is 0 Å². The Labute approximate surface area is 127 Å². The van der Waals surface area contributed by atoms with E-state index >= 15 is 0 Å². The molecule has 0 amide bonds. The number of aryl methyl sites for hydroxylation is 1. The second-order valence-electron chi connectivity index (χ2n) is 4.77.